The average Bonchev–Trinajstić information content (AvgIpc) is 2.88. The summed E-state index contributed by atoms with van der Waals surface area (Å²) in [4.78, 5) is 19.4. The smallest absolute Gasteiger partial charge is 0.253 e. The molecule has 23 heavy (non-hydrogen) atoms. The summed E-state index contributed by atoms with van der Waals surface area (Å²) in [5, 5.41) is 5.13. The number of likely N-dealkylation sites (N-methyl/N-ethyl adjacent to an activating group) is 1. The molecule has 0 saturated carbocycles. The molecule has 0 spiro atoms. The second kappa shape index (κ2) is 6.77. The van der Waals surface area contributed by atoms with Gasteiger partial charge in [-0.1, -0.05) is 6.07 Å². The number of rotatable bonds is 5. The maximum absolute atomic E-state index is 12.6. The van der Waals surface area contributed by atoms with Crippen molar-refractivity contribution >= 4 is 27.3 Å². The van der Waals surface area contributed by atoms with Crippen molar-refractivity contribution in [2.75, 3.05) is 13.6 Å². The summed E-state index contributed by atoms with van der Waals surface area (Å²) < 4.78 is 22.9. The molecule has 0 radical (unpaired) electrons. The standard InChI is InChI=1S/C15H19N3O3S2/c1-10-4-5-12(23(16,20)21)8-13(10)15(19)18(3)7-6-14-11(2)17-9-22-14/h4-5,8-9H,6-7H2,1-3H3,(H2,16,20,21). The molecule has 2 rings (SSSR count). The molecule has 0 bridgehead atoms. The minimum atomic E-state index is -3.83. The van der Waals surface area contributed by atoms with Gasteiger partial charge in [0.05, 0.1) is 16.1 Å². The third-order valence-electron chi connectivity index (χ3n) is 3.63. The van der Waals surface area contributed by atoms with E-state index in [1.54, 1.807) is 41.8 Å². The van der Waals surface area contributed by atoms with Crippen LogP contribution in [-0.4, -0.2) is 37.8 Å². The average molecular weight is 353 g/mol. The molecule has 1 heterocycles. The van der Waals surface area contributed by atoms with Gasteiger partial charge in [0.15, 0.2) is 0 Å². The molecular formula is C15H19N3O3S2. The predicted molar refractivity (Wildman–Crippen MR) is 90.1 cm³/mol. The highest BCUT2D eigenvalue weighted by molar-refractivity contribution is 7.89. The van der Waals surface area contributed by atoms with Gasteiger partial charge in [-0.05, 0) is 31.5 Å². The Hall–Kier alpha value is -1.77. The van der Waals surface area contributed by atoms with Gasteiger partial charge in [0.25, 0.3) is 5.91 Å². The quantitative estimate of drug-likeness (QED) is 0.886. The van der Waals surface area contributed by atoms with Crippen LogP contribution in [0.15, 0.2) is 28.6 Å². The van der Waals surface area contributed by atoms with Gasteiger partial charge in [0, 0.05) is 30.5 Å². The van der Waals surface area contributed by atoms with Crippen molar-refractivity contribution in [3.05, 3.63) is 45.4 Å². The van der Waals surface area contributed by atoms with Crippen molar-refractivity contribution in [3.8, 4) is 0 Å². The summed E-state index contributed by atoms with van der Waals surface area (Å²) >= 11 is 1.56. The lowest BCUT2D eigenvalue weighted by atomic mass is 10.1. The first kappa shape index (κ1) is 17.6. The zero-order valence-corrected chi connectivity index (χ0v) is 14.9. The van der Waals surface area contributed by atoms with E-state index >= 15 is 0 Å². The Morgan fingerprint density at radius 2 is 2.04 bits per heavy atom. The Labute approximate surface area is 140 Å². The van der Waals surface area contributed by atoms with Crippen LogP contribution >= 0.6 is 11.3 Å². The van der Waals surface area contributed by atoms with Crippen molar-refractivity contribution in [2.45, 2.75) is 25.2 Å². The molecule has 2 N–H and O–H groups in total. The molecule has 1 aromatic heterocycles. The highest BCUT2D eigenvalue weighted by atomic mass is 32.2. The molecule has 0 saturated heterocycles. The number of nitrogens with zero attached hydrogens (tertiary/aromatic N) is 2. The number of carbonyl (C=O) groups is 1. The van der Waals surface area contributed by atoms with Gasteiger partial charge in [-0.3, -0.25) is 4.79 Å². The lowest BCUT2D eigenvalue weighted by molar-refractivity contribution is 0.0796. The van der Waals surface area contributed by atoms with Crippen molar-refractivity contribution in [1.29, 1.82) is 0 Å². The predicted octanol–water partition coefficient (Wildman–Crippen LogP) is 1.72. The van der Waals surface area contributed by atoms with Crippen LogP contribution in [-0.2, 0) is 16.4 Å². The van der Waals surface area contributed by atoms with E-state index < -0.39 is 10.0 Å². The monoisotopic (exact) mass is 353 g/mol. The molecule has 1 aromatic carbocycles. The number of sulfonamides is 1. The van der Waals surface area contributed by atoms with Crippen LogP contribution in [0.4, 0.5) is 0 Å². The minimum absolute atomic E-state index is 0.0573. The normalized spacial score (nSPS) is 11.5. The molecule has 0 fully saturated rings. The molecule has 0 aliphatic heterocycles. The Balaban J connectivity index is 2.17. The first-order chi connectivity index (χ1) is 10.7. The van der Waals surface area contributed by atoms with E-state index in [0.717, 1.165) is 10.6 Å². The highest BCUT2D eigenvalue weighted by Gasteiger charge is 2.18. The van der Waals surface area contributed by atoms with Gasteiger partial charge in [0.2, 0.25) is 10.0 Å². The summed E-state index contributed by atoms with van der Waals surface area (Å²) in [6.45, 7) is 4.23. The third-order valence-corrected chi connectivity index (χ3v) is 5.54. The maximum Gasteiger partial charge on any atom is 0.253 e. The maximum atomic E-state index is 12.6. The van der Waals surface area contributed by atoms with Gasteiger partial charge in [-0.25, -0.2) is 18.5 Å². The van der Waals surface area contributed by atoms with Gasteiger partial charge in [0.1, 0.15) is 0 Å². The number of aryl methyl sites for hydroxylation is 2. The van der Waals surface area contributed by atoms with E-state index in [9.17, 15) is 13.2 Å². The topological polar surface area (TPSA) is 93.4 Å². The van der Waals surface area contributed by atoms with E-state index in [0.29, 0.717) is 24.1 Å². The van der Waals surface area contributed by atoms with Crippen LogP contribution < -0.4 is 5.14 Å². The number of primary sulfonamides is 1. The number of nitrogens with two attached hydrogens (primary N) is 1. The van der Waals surface area contributed by atoms with Crippen LogP contribution in [0.3, 0.4) is 0 Å². The molecule has 6 nitrogen and oxygen atoms in total. The van der Waals surface area contributed by atoms with Gasteiger partial charge < -0.3 is 4.90 Å². The van der Waals surface area contributed by atoms with E-state index in [1.165, 1.54) is 12.1 Å². The Morgan fingerprint density at radius 1 is 1.35 bits per heavy atom. The van der Waals surface area contributed by atoms with Crippen molar-refractivity contribution in [3.63, 3.8) is 0 Å². The minimum Gasteiger partial charge on any atom is -0.341 e. The fourth-order valence-electron chi connectivity index (χ4n) is 2.15. The molecule has 0 aliphatic rings. The Morgan fingerprint density at radius 3 is 2.61 bits per heavy atom. The Bertz CT molecular complexity index is 828. The summed E-state index contributed by atoms with van der Waals surface area (Å²) in [6.07, 6.45) is 0.715. The van der Waals surface area contributed by atoms with Crippen LogP contribution in [0.1, 0.15) is 26.5 Å². The van der Waals surface area contributed by atoms with Crippen LogP contribution in [0.25, 0.3) is 0 Å². The lowest BCUT2D eigenvalue weighted by Gasteiger charge is -2.18. The summed E-state index contributed by atoms with van der Waals surface area (Å²) in [6, 6.07) is 4.33. The largest absolute Gasteiger partial charge is 0.341 e. The third kappa shape index (κ3) is 4.15. The zero-order chi connectivity index (χ0) is 17.2. The van der Waals surface area contributed by atoms with E-state index in [2.05, 4.69) is 4.98 Å². The fraction of sp³-hybridized carbons (Fsp3) is 0.333. The molecular weight excluding hydrogens is 334 g/mol. The molecule has 124 valence electrons. The molecule has 8 heteroatoms. The summed E-state index contributed by atoms with van der Waals surface area (Å²) in [5.41, 5.74) is 3.82. The summed E-state index contributed by atoms with van der Waals surface area (Å²) in [5.74, 6) is -0.227. The highest BCUT2D eigenvalue weighted by Crippen LogP contribution is 2.17. The van der Waals surface area contributed by atoms with Crippen LogP contribution in [0.2, 0.25) is 0 Å². The van der Waals surface area contributed by atoms with Gasteiger partial charge in [-0.15, -0.1) is 11.3 Å². The fourth-order valence-corrected chi connectivity index (χ4v) is 3.46. The van der Waals surface area contributed by atoms with Crippen molar-refractivity contribution < 1.29 is 13.2 Å². The number of amides is 1. The van der Waals surface area contributed by atoms with E-state index in [-0.39, 0.29) is 10.8 Å². The van der Waals surface area contributed by atoms with Crippen LogP contribution in [0, 0.1) is 13.8 Å². The van der Waals surface area contributed by atoms with Crippen LogP contribution in [0.5, 0.6) is 0 Å². The number of carbonyl (C=O) groups excluding carboxylic acids is 1. The first-order valence-electron chi connectivity index (χ1n) is 6.98. The van der Waals surface area contributed by atoms with Crippen molar-refractivity contribution in [2.24, 2.45) is 5.14 Å². The SMILES string of the molecule is Cc1ccc(S(N)(=O)=O)cc1C(=O)N(C)CCc1scnc1C. The number of benzene rings is 1. The second-order valence-corrected chi connectivity index (χ2v) is 7.86. The first-order valence-corrected chi connectivity index (χ1v) is 9.40. The molecule has 0 aliphatic carbocycles. The number of hydrogen-bond acceptors (Lipinski definition) is 5. The molecule has 1 amide bonds. The molecule has 0 unspecified atom stereocenters. The lowest BCUT2D eigenvalue weighted by Crippen LogP contribution is -2.29. The number of aromatic nitrogens is 1. The molecule has 0 atom stereocenters. The van der Waals surface area contributed by atoms with Crippen molar-refractivity contribution in [1.82, 2.24) is 9.88 Å². The summed E-state index contributed by atoms with van der Waals surface area (Å²) in [7, 11) is -2.14. The molecule has 2 aromatic rings. The Kier molecular flexibility index (Phi) is 5.18. The van der Waals surface area contributed by atoms with Gasteiger partial charge >= 0.3 is 0 Å². The van der Waals surface area contributed by atoms with E-state index in [4.69, 9.17) is 5.14 Å². The second-order valence-electron chi connectivity index (χ2n) is 5.36. The van der Waals surface area contributed by atoms with E-state index in [1.807, 2.05) is 6.92 Å². The zero-order valence-electron chi connectivity index (χ0n) is 13.2. The number of hydrogen-bond donors (Lipinski definition) is 1. The number of thiazole rings is 1. The van der Waals surface area contributed by atoms with Gasteiger partial charge in [-0.2, -0.15) is 0 Å².